The lowest BCUT2D eigenvalue weighted by atomic mass is 10.1. The van der Waals surface area contributed by atoms with Gasteiger partial charge in [-0.05, 0) is 17.7 Å². The van der Waals surface area contributed by atoms with Crippen molar-refractivity contribution in [1.82, 2.24) is 9.78 Å². The summed E-state index contributed by atoms with van der Waals surface area (Å²) in [6, 6.07) is 11.6. The molecule has 3 aromatic rings. The fourth-order valence-electron chi connectivity index (χ4n) is 3.46. The highest BCUT2D eigenvalue weighted by Gasteiger charge is 2.33. The SMILES string of the molecule is COc1ccc(-c2cnn3c2NC(=O)C[C@H]3C(=O)Nc2cc(OC)cc(OC)c2)cc1. The number of nitrogens with zero attached hydrogens (tertiary/aromatic N) is 2. The molecule has 2 N–H and O–H groups in total. The van der Waals surface area contributed by atoms with Crippen LogP contribution in [0.4, 0.5) is 11.5 Å². The minimum absolute atomic E-state index is 0.0241. The van der Waals surface area contributed by atoms with Crippen molar-refractivity contribution >= 4 is 23.3 Å². The first-order valence-electron chi connectivity index (χ1n) is 9.58. The lowest BCUT2D eigenvalue weighted by Crippen LogP contribution is -2.35. The predicted octanol–water partition coefficient (Wildman–Crippen LogP) is 3.10. The van der Waals surface area contributed by atoms with Crippen molar-refractivity contribution in [1.29, 1.82) is 0 Å². The van der Waals surface area contributed by atoms with Crippen LogP contribution in [-0.2, 0) is 9.59 Å². The quantitative estimate of drug-likeness (QED) is 0.633. The zero-order valence-corrected chi connectivity index (χ0v) is 17.3. The van der Waals surface area contributed by atoms with Gasteiger partial charge in [-0.2, -0.15) is 5.10 Å². The second-order valence-corrected chi connectivity index (χ2v) is 6.94. The lowest BCUT2D eigenvalue weighted by Gasteiger charge is -2.24. The standard InChI is InChI=1S/C22H22N4O5/c1-29-15-6-4-13(5-7-15)18-12-23-26-19(11-20(27)25-21(18)26)22(28)24-14-8-16(30-2)10-17(9-14)31-3/h4-10,12,19H,11H2,1-3H3,(H,24,28)(H,25,27)/t19-/m0/s1. The van der Waals surface area contributed by atoms with E-state index in [1.807, 2.05) is 24.3 Å². The fraction of sp³-hybridized carbons (Fsp3) is 0.227. The van der Waals surface area contributed by atoms with Gasteiger partial charge in [-0.25, -0.2) is 4.68 Å². The first-order chi connectivity index (χ1) is 15.0. The van der Waals surface area contributed by atoms with E-state index in [-0.39, 0.29) is 18.2 Å². The third-order valence-electron chi connectivity index (χ3n) is 5.05. The number of hydrogen-bond donors (Lipinski definition) is 2. The molecule has 1 aliphatic heterocycles. The normalized spacial score (nSPS) is 14.9. The molecule has 1 atom stereocenters. The molecular formula is C22H22N4O5. The maximum atomic E-state index is 13.1. The van der Waals surface area contributed by atoms with E-state index in [1.165, 1.54) is 18.9 Å². The molecule has 0 fully saturated rings. The van der Waals surface area contributed by atoms with Crippen LogP contribution >= 0.6 is 0 Å². The van der Waals surface area contributed by atoms with E-state index in [4.69, 9.17) is 14.2 Å². The van der Waals surface area contributed by atoms with Gasteiger partial charge in [0.25, 0.3) is 0 Å². The number of nitrogens with one attached hydrogen (secondary N) is 2. The van der Waals surface area contributed by atoms with E-state index >= 15 is 0 Å². The third kappa shape index (κ3) is 4.02. The molecule has 0 saturated carbocycles. The molecule has 0 bridgehead atoms. The van der Waals surface area contributed by atoms with Crippen molar-refractivity contribution in [3.63, 3.8) is 0 Å². The van der Waals surface area contributed by atoms with Gasteiger partial charge in [0.2, 0.25) is 11.8 Å². The molecule has 160 valence electrons. The van der Waals surface area contributed by atoms with Crippen LogP contribution in [-0.4, -0.2) is 42.9 Å². The summed E-state index contributed by atoms with van der Waals surface area (Å²) in [5.74, 6) is 1.65. The molecule has 9 nitrogen and oxygen atoms in total. The first-order valence-corrected chi connectivity index (χ1v) is 9.58. The molecule has 0 unspecified atom stereocenters. The highest BCUT2D eigenvalue weighted by atomic mass is 16.5. The number of anilines is 2. The zero-order chi connectivity index (χ0) is 22.0. The van der Waals surface area contributed by atoms with Crippen LogP contribution in [0.1, 0.15) is 12.5 Å². The van der Waals surface area contributed by atoms with E-state index in [0.29, 0.717) is 23.0 Å². The summed E-state index contributed by atoms with van der Waals surface area (Å²) in [6.07, 6.45) is 1.61. The molecule has 9 heteroatoms. The van der Waals surface area contributed by atoms with Gasteiger partial charge in [0.15, 0.2) is 0 Å². The summed E-state index contributed by atoms with van der Waals surface area (Å²) >= 11 is 0. The number of amides is 2. The largest absolute Gasteiger partial charge is 0.497 e. The van der Waals surface area contributed by atoms with E-state index in [1.54, 1.807) is 31.5 Å². The zero-order valence-electron chi connectivity index (χ0n) is 17.3. The maximum Gasteiger partial charge on any atom is 0.249 e. The van der Waals surface area contributed by atoms with E-state index in [2.05, 4.69) is 15.7 Å². The van der Waals surface area contributed by atoms with Crippen molar-refractivity contribution in [2.45, 2.75) is 12.5 Å². The van der Waals surface area contributed by atoms with Gasteiger partial charge in [0.1, 0.15) is 29.1 Å². The monoisotopic (exact) mass is 422 g/mol. The van der Waals surface area contributed by atoms with Crippen molar-refractivity contribution in [3.8, 4) is 28.4 Å². The van der Waals surface area contributed by atoms with E-state index in [9.17, 15) is 9.59 Å². The van der Waals surface area contributed by atoms with Crippen LogP contribution in [0.5, 0.6) is 17.2 Å². The number of fused-ring (bicyclic) bond motifs is 1. The molecule has 31 heavy (non-hydrogen) atoms. The van der Waals surface area contributed by atoms with Crippen LogP contribution in [0.2, 0.25) is 0 Å². The molecular weight excluding hydrogens is 400 g/mol. The van der Waals surface area contributed by atoms with Gasteiger partial charge >= 0.3 is 0 Å². The Morgan fingerprint density at radius 3 is 2.29 bits per heavy atom. The Kier molecular flexibility index (Phi) is 5.48. The summed E-state index contributed by atoms with van der Waals surface area (Å²) < 4.78 is 17.2. The highest BCUT2D eigenvalue weighted by molar-refractivity contribution is 6.03. The molecule has 0 aliphatic carbocycles. The molecule has 0 spiro atoms. The minimum Gasteiger partial charge on any atom is -0.497 e. The number of ether oxygens (including phenoxy) is 3. The minimum atomic E-state index is -0.798. The molecule has 4 rings (SSSR count). The number of rotatable bonds is 6. The molecule has 1 aliphatic rings. The predicted molar refractivity (Wildman–Crippen MR) is 115 cm³/mol. The number of benzene rings is 2. The second kappa shape index (κ2) is 8.39. The first kappa shape index (κ1) is 20.3. The lowest BCUT2D eigenvalue weighted by molar-refractivity contribution is -0.125. The van der Waals surface area contributed by atoms with E-state index < -0.39 is 6.04 Å². The smallest absolute Gasteiger partial charge is 0.249 e. The topological polar surface area (TPSA) is 104 Å². The summed E-state index contributed by atoms with van der Waals surface area (Å²) in [6.45, 7) is 0. The Labute approximate surface area is 178 Å². The Morgan fingerprint density at radius 2 is 1.68 bits per heavy atom. The fourth-order valence-corrected chi connectivity index (χ4v) is 3.46. The van der Waals surface area contributed by atoms with Gasteiger partial charge < -0.3 is 24.8 Å². The number of hydrogen-bond acceptors (Lipinski definition) is 6. The number of aromatic nitrogens is 2. The summed E-state index contributed by atoms with van der Waals surface area (Å²) in [5, 5.41) is 10.0. The second-order valence-electron chi connectivity index (χ2n) is 6.94. The molecule has 2 heterocycles. The van der Waals surface area contributed by atoms with Crippen LogP contribution in [0.3, 0.4) is 0 Å². The van der Waals surface area contributed by atoms with Gasteiger partial charge in [-0.3, -0.25) is 9.59 Å². The third-order valence-corrected chi connectivity index (χ3v) is 5.05. The molecule has 0 saturated heterocycles. The van der Waals surface area contributed by atoms with Crippen molar-refractivity contribution in [2.75, 3.05) is 32.0 Å². The molecule has 0 radical (unpaired) electrons. The average molecular weight is 422 g/mol. The molecule has 2 amide bonds. The Bertz CT molecular complexity index is 1100. The van der Waals surface area contributed by atoms with Gasteiger partial charge in [-0.15, -0.1) is 0 Å². The van der Waals surface area contributed by atoms with Crippen molar-refractivity contribution in [3.05, 3.63) is 48.7 Å². The van der Waals surface area contributed by atoms with Crippen LogP contribution in [0.15, 0.2) is 48.7 Å². The Hall–Kier alpha value is -4.01. The average Bonchev–Trinajstić information content (AvgIpc) is 3.21. The van der Waals surface area contributed by atoms with Crippen molar-refractivity contribution < 1.29 is 23.8 Å². The number of methoxy groups -OCH3 is 3. The number of carbonyl (C=O) groups is 2. The molecule has 2 aromatic carbocycles. The van der Waals surface area contributed by atoms with Gasteiger partial charge in [0.05, 0.1) is 33.9 Å². The van der Waals surface area contributed by atoms with Crippen LogP contribution < -0.4 is 24.8 Å². The number of carbonyl (C=O) groups excluding carboxylic acids is 2. The van der Waals surface area contributed by atoms with E-state index in [0.717, 1.165) is 16.9 Å². The van der Waals surface area contributed by atoms with Crippen molar-refractivity contribution in [2.24, 2.45) is 0 Å². The van der Waals surface area contributed by atoms with Crippen LogP contribution in [0.25, 0.3) is 11.1 Å². The Balaban J connectivity index is 1.63. The van der Waals surface area contributed by atoms with Gasteiger partial charge in [0, 0.05) is 29.4 Å². The summed E-state index contributed by atoms with van der Waals surface area (Å²) in [5.41, 5.74) is 2.06. The highest BCUT2D eigenvalue weighted by Crippen LogP contribution is 2.35. The summed E-state index contributed by atoms with van der Waals surface area (Å²) in [7, 11) is 4.66. The molecule has 1 aromatic heterocycles. The summed E-state index contributed by atoms with van der Waals surface area (Å²) in [4.78, 5) is 25.4. The maximum absolute atomic E-state index is 13.1. The van der Waals surface area contributed by atoms with Gasteiger partial charge in [-0.1, -0.05) is 12.1 Å². The Morgan fingerprint density at radius 1 is 1.03 bits per heavy atom. The van der Waals surface area contributed by atoms with Crippen LogP contribution in [0, 0.1) is 0 Å².